The van der Waals surface area contributed by atoms with E-state index in [2.05, 4.69) is 72.3 Å². The molecule has 2 aromatic carbocycles. The van der Waals surface area contributed by atoms with Crippen LogP contribution in [0.4, 0.5) is 11.4 Å². The second kappa shape index (κ2) is 9.44. The van der Waals surface area contributed by atoms with Crippen LogP contribution < -0.4 is 10.2 Å². The van der Waals surface area contributed by atoms with Crippen LogP contribution in [0.25, 0.3) is 0 Å². The molecule has 160 valence electrons. The highest BCUT2D eigenvalue weighted by Gasteiger charge is 2.29. The smallest absolute Gasteiger partial charge is 0.251 e. The summed E-state index contributed by atoms with van der Waals surface area (Å²) in [6.07, 6.45) is 3.67. The van der Waals surface area contributed by atoms with Crippen LogP contribution in [0, 0.1) is 5.92 Å². The first-order chi connectivity index (χ1) is 14.6. The zero-order valence-corrected chi connectivity index (χ0v) is 19.2. The van der Waals surface area contributed by atoms with Gasteiger partial charge >= 0.3 is 0 Å². The quantitative estimate of drug-likeness (QED) is 0.633. The molecule has 1 N–H and O–H groups in total. The molecule has 2 aliphatic rings. The van der Waals surface area contributed by atoms with Gasteiger partial charge in [0.05, 0.1) is 11.4 Å². The van der Waals surface area contributed by atoms with Gasteiger partial charge in [-0.2, -0.15) is 0 Å². The second-order valence-electron chi connectivity index (χ2n) is 8.70. The molecule has 2 heterocycles. The standard InChI is InChI=1S/C25H33N3OS/c1-4-18(2)16-26-25(29)20-11-12-24-22(15-20)28(19(3)17-27-13-7-8-14-27)21-9-5-6-10-23(21)30-24/h5-6,9-12,15,18-19H,4,7-8,13-14,16-17H2,1-3H3,(H,26,29)/t18-,19-/m1/s1. The Labute approximate surface area is 185 Å². The molecule has 0 aromatic heterocycles. The van der Waals surface area contributed by atoms with Gasteiger partial charge in [-0.25, -0.2) is 0 Å². The van der Waals surface area contributed by atoms with Crippen molar-refractivity contribution in [3.8, 4) is 0 Å². The van der Waals surface area contributed by atoms with E-state index in [1.54, 1.807) is 11.8 Å². The molecule has 0 spiro atoms. The Hall–Kier alpha value is -1.98. The third kappa shape index (κ3) is 4.52. The molecule has 0 unspecified atom stereocenters. The van der Waals surface area contributed by atoms with Gasteiger partial charge in [0.15, 0.2) is 0 Å². The van der Waals surface area contributed by atoms with Crippen molar-refractivity contribution in [3.05, 3.63) is 48.0 Å². The van der Waals surface area contributed by atoms with Crippen molar-refractivity contribution in [1.29, 1.82) is 0 Å². The molecule has 4 nitrogen and oxygen atoms in total. The summed E-state index contributed by atoms with van der Waals surface area (Å²) >= 11 is 1.80. The molecule has 2 aliphatic heterocycles. The molecule has 1 amide bonds. The van der Waals surface area contributed by atoms with Crippen molar-refractivity contribution in [2.75, 3.05) is 31.1 Å². The topological polar surface area (TPSA) is 35.6 Å². The van der Waals surface area contributed by atoms with Crippen LogP contribution in [0.1, 0.15) is 50.4 Å². The predicted octanol–water partition coefficient (Wildman–Crippen LogP) is 5.55. The van der Waals surface area contributed by atoms with Crippen LogP contribution in [0.15, 0.2) is 52.3 Å². The minimum absolute atomic E-state index is 0.0223. The predicted molar refractivity (Wildman–Crippen MR) is 126 cm³/mol. The normalized spacial score (nSPS) is 17.9. The maximum Gasteiger partial charge on any atom is 0.251 e. The number of fused-ring (bicyclic) bond motifs is 2. The van der Waals surface area contributed by atoms with Gasteiger partial charge in [-0.15, -0.1) is 0 Å². The number of para-hydroxylation sites is 1. The summed E-state index contributed by atoms with van der Waals surface area (Å²) in [5, 5.41) is 3.11. The largest absolute Gasteiger partial charge is 0.352 e. The number of carbonyl (C=O) groups excluding carboxylic acids is 1. The summed E-state index contributed by atoms with van der Waals surface area (Å²) < 4.78 is 0. The van der Waals surface area contributed by atoms with E-state index in [1.807, 2.05) is 6.07 Å². The first kappa shape index (κ1) is 21.3. The van der Waals surface area contributed by atoms with E-state index in [1.165, 1.54) is 41.4 Å². The zero-order valence-electron chi connectivity index (χ0n) is 18.4. The number of rotatable bonds is 7. The highest BCUT2D eigenvalue weighted by atomic mass is 32.2. The Bertz CT molecular complexity index is 894. The van der Waals surface area contributed by atoms with E-state index in [4.69, 9.17) is 0 Å². The van der Waals surface area contributed by atoms with Crippen molar-refractivity contribution in [1.82, 2.24) is 10.2 Å². The summed E-state index contributed by atoms with van der Waals surface area (Å²) in [5.74, 6) is 0.514. The van der Waals surface area contributed by atoms with Crippen molar-refractivity contribution in [2.24, 2.45) is 5.92 Å². The zero-order chi connectivity index (χ0) is 21.1. The number of amides is 1. The third-order valence-electron chi connectivity index (χ3n) is 6.30. The molecule has 1 fully saturated rings. The Morgan fingerprint density at radius 1 is 1.07 bits per heavy atom. The van der Waals surface area contributed by atoms with E-state index in [9.17, 15) is 4.79 Å². The molecule has 5 heteroatoms. The third-order valence-corrected chi connectivity index (χ3v) is 7.43. The van der Waals surface area contributed by atoms with Crippen LogP contribution in [-0.4, -0.2) is 43.0 Å². The molecular weight excluding hydrogens is 390 g/mol. The first-order valence-electron chi connectivity index (χ1n) is 11.3. The lowest BCUT2D eigenvalue weighted by Crippen LogP contribution is -2.40. The molecule has 4 rings (SSSR count). The monoisotopic (exact) mass is 423 g/mol. The number of nitrogens with zero attached hydrogens (tertiary/aromatic N) is 2. The lowest BCUT2D eigenvalue weighted by atomic mass is 10.1. The van der Waals surface area contributed by atoms with Gasteiger partial charge in [-0.05, 0) is 69.1 Å². The lowest BCUT2D eigenvalue weighted by molar-refractivity contribution is 0.0948. The summed E-state index contributed by atoms with van der Waals surface area (Å²) in [6.45, 7) is 10.8. The number of nitrogens with one attached hydrogen (secondary N) is 1. The van der Waals surface area contributed by atoms with Crippen molar-refractivity contribution < 1.29 is 4.79 Å². The Kier molecular flexibility index (Phi) is 6.69. The first-order valence-corrected chi connectivity index (χ1v) is 12.1. The van der Waals surface area contributed by atoms with Crippen LogP contribution >= 0.6 is 11.8 Å². The molecule has 30 heavy (non-hydrogen) atoms. The van der Waals surface area contributed by atoms with E-state index < -0.39 is 0 Å². The fraction of sp³-hybridized carbons (Fsp3) is 0.480. The van der Waals surface area contributed by atoms with E-state index in [0.29, 0.717) is 12.0 Å². The molecular formula is C25H33N3OS. The van der Waals surface area contributed by atoms with Gasteiger partial charge in [0.25, 0.3) is 5.91 Å². The number of hydrogen-bond donors (Lipinski definition) is 1. The summed E-state index contributed by atoms with van der Waals surface area (Å²) in [5.41, 5.74) is 3.15. The molecule has 2 atom stereocenters. The molecule has 2 aromatic rings. The van der Waals surface area contributed by atoms with Crippen molar-refractivity contribution in [2.45, 2.75) is 55.9 Å². The fourth-order valence-corrected chi connectivity index (χ4v) is 5.39. The van der Waals surface area contributed by atoms with Gasteiger partial charge in [0.1, 0.15) is 0 Å². The van der Waals surface area contributed by atoms with Crippen molar-refractivity contribution >= 4 is 29.0 Å². The number of benzene rings is 2. The minimum atomic E-state index is 0.0223. The molecule has 0 radical (unpaired) electrons. The highest BCUT2D eigenvalue weighted by molar-refractivity contribution is 7.99. The maximum atomic E-state index is 12.8. The van der Waals surface area contributed by atoms with E-state index in [0.717, 1.165) is 30.8 Å². The molecule has 1 saturated heterocycles. The Morgan fingerprint density at radius 2 is 1.80 bits per heavy atom. The Morgan fingerprint density at radius 3 is 2.57 bits per heavy atom. The molecule has 0 bridgehead atoms. The van der Waals surface area contributed by atoms with Crippen LogP contribution in [-0.2, 0) is 0 Å². The number of hydrogen-bond acceptors (Lipinski definition) is 4. The number of likely N-dealkylation sites (tertiary alicyclic amines) is 1. The fourth-order valence-electron chi connectivity index (χ4n) is 4.33. The van der Waals surface area contributed by atoms with Crippen molar-refractivity contribution in [3.63, 3.8) is 0 Å². The van der Waals surface area contributed by atoms with Crippen LogP contribution in [0.5, 0.6) is 0 Å². The summed E-state index contributed by atoms with van der Waals surface area (Å²) in [6, 6.07) is 15.1. The van der Waals surface area contributed by atoms with Gasteiger partial charge < -0.3 is 15.1 Å². The van der Waals surface area contributed by atoms with E-state index in [-0.39, 0.29) is 5.91 Å². The lowest BCUT2D eigenvalue weighted by Gasteiger charge is -2.39. The maximum absolute atomic E-state index is 12.8. The summed E-state index contributed by atoms with van der Waals surface area (Å²) in [7, 11) is 0. The second-order valence-corrected chi connectivity index (χ2v) is 9.79. The average Bonchev–Trinajstić information content (AvgIpc) is 3.27. The number of carbonyl (C=O) groups is 1. The number of anilines is 2. The van der Waals surface area contributed by atoms with Gasteiger partial charge in [0.2, 0.25) is 0 Å². The van der Waals surface area contributed by atoms with Gasteiger partial charge in [-0.3, -0.25) is 4.79 Å². The summed E-state index contributed by atoms with van der Waals surface area (Å²) in [4.78, 5) is 20.3. The molecule has 0 aliphatic carbocycles. The average molecular weight is 424 g/mol. The van der Waals surface area contributed by atoms with E-state index >= 15 is 0 Å². The van der Waals surface area contributed by atoms with Gasteiger partial charge in [0, 0.05) is 34.5 Å². The SMILES string of the molecule is CC[C@@H](C)CNC(=O)c1ccc2c(c1)N([C@H](C)CN1CCCC1)c1ccccc1S2. The molecule has 0 saturated carbocycles. The minimum Gasteiger partial charge on any atom is -0.352 e. The van der Waals surface area contributed by atoms with Crippen LogP contribution in [0.3, 0.4) is 0 Å². The highest BCUT2D eigenvalue weighted by Crippen LogP contribution is 2.49. The van der Waals surface area contributed by atoms with Gasteiger partial charge in [-0.1, -0.05) is 44.2 Å². The Balaban J connectivity index is 1.63. The van der Waals surface area contributed by atoms with Crippen LogP contribution in [0.2, 0.25) is 0 Å².